The molecule has 0 saturated heterocycles. The smallest absolute Gasteiger partial charge is 0.336 e. The molecule has 0 unspecified atom stereocenters. The van der Waals surface area contributed by atoms with Gasteiger partial charge in [0.05, 0.1) is 18.2 Å². The number of carbonyl (C=O) groups excluding carboxylic acids is 6. The summed E-state index contributed by atoms with van der Waals surface area (Å²) < 4.78 is 11.1. The molecule has 17 nitrogen and oxygen atoms in total. The predicted octanol–water partition coefficient (Wildman–Crippen LogP) is 7.55. The molecule has 1 aromatic heterocycles. The average Bonchev–Trinajstić information content (AvgIpc) is 3.32. The van der Waals surface area contributed by atoms with Crippen LogP contribution < -0.4 is 32.3 Å². The van der Waals surface area contributed by atoms with Gasteiger partial charge in [0.15, 0.2) is 11.2 Å². The van der Waals surface area contributed by atoms with Crippen LogP contribution in [0.15, 0.2) is 103 Å². The minimum atomic E-state index is -1.04. The van der Waals surface area contributed by atoms with E-state index in [1.54, 1.807) is 62.4 Å². The highest BCUT2D eigenvalue weighted by Gasteiger charge is 2.26. The van der Waals surface area contributed by atoms with Gasteiger partial charge in [-0.3, -0.25) is 28.8 Å². The first kappa shape index (κ1) is 56.0. The quantitative estimate of drug-likeness (QED) is 0.0195. The van der Waals surface area contributed by atoms with Crippen LogP contribution >= 0.6 is 0 Å². The molecular formula is C56H64N4O13. The highest BCUT2D eigenvalue weighted by molar-refractivity contribution is 6.07. The van der Waals surface area contributed by atoms with E-state index in [2.05, 4.69) is 21.3 Å². The number of ketones is 2. The van der Waals surface area contributed by atoms with Crippen molar-refractivity contribution >= 4 is 63.1 Å². The minimum Gasteiger partial charge on any atom is -0.508 e. The number of fused-ring (bicyclic) bond motifs is 3. The fourth-order valence-corrected chi connectivity index (χ4v) is 8.41. The Kier molecular flexibility index (Phi) is 20.7. The van der Waals surface area contributed by atoms with Crippen LogP contribution in [-0.2, 0) is 35.2 Å². The molecular weight excluding hydrogens is 937 g/mol. The van der Waals surface area contributed by atoms with Crippen molar-refractivity contribution in [2.24, 2.45) is 5.92 Å². The van der Waals surface area contributed by atoms with Crippen molar-refractivity contribution in [3.63, 3.8) is 0 Å². The zero-order valence-corrected chi connectivity index (χ0v) is 41.9. The van der Waals surface area contributed by atoms with Gasteiger partial charge in [-0.05, 0) is 111 Å². The molecule has 3 aromatic carbocycles. The van der Waals surface area contributed by atoms with Crippen LogP contribution in [0.5, 0.6) is 5.75 Å². The average molecular weight is 1000 g/mol. The van der Waals surface area contributed by atoms with Gasteiger partial charge in [0.25, 0.3) is 0 Å². The van der Waals surface area contributed by atoms with Crippen molar-refractivity contribution in [2.75, 3.05) is 13.1 Å². The Hall–Kier alpha value is -7.95. The first-order chi connectivity index (χ1) is 34.8. The van der Waals surface area contributed by atoms with Crippen molar-refractivity contribution in [3.05, 3.63) is 122 Å². The number of unbranched alkanes of at least 4 members (excludes halogenated alkanes) is 4. The van der Waals surface area contributed by atoms with E-state index < -0.39 is 35.5 Å². The number of nitrogens with one attached hydrogen (secondary N) is 4. The lowest BCUT2D eigenvalue weighted by atomic mass is 9.91. The van der Waals surface area contributed by atoms with E-state index in [-0.39, 0.29) is 65.4 Å². The molecule has 1 aliphatic heterocycles. The maximum absolute atomic E-state index is 13.4. The van der Waals surface area contributed by atoms with Gasteiger partial charge in [0, 0.05) is 72.8 Å². The maximum Gasteiger partial charge on any atom is 0.336 e. The van der Waals surface area contributed by atoms with E-state index in [4.69, 9.17) is 8.83 Å². The molecule has 0 radical (unpaired) electrons. The number of hydrogen-bond donors (Lipinski definition) is 6. The third-order valence-corrected chi connectivity index (χ3v) is 12.0. The largest absolute Gasteiger partial charge is 0.508 e. The second-order valence-electron chi connectivity index (χ2n) is 18.6. The Balaban J connectivity index is 0.000000326. The monoisotopic (exact) mass is 1000 g/mol. The molecule has 4 aromatic rings. The number of phenolic OH excluding ortho intramolecular Hbond substituents is 1. The lowest BCUT2D eigenvalue weighted by molar-refractivity contribution is -0.131. The van der Waals surface area contributed by atoms with Gasteiger partial charge in [0.2, 0.25) is 23.6 Å². The van der Waals surface area contributed by atoms with Gasteiger partial charge in [-0.1, -0.05) is 57.0 Å². The van der Waals surface area contributed by atoms with E-state index in [1.165, 1.54) is 43.3 Å². The number of aromatic carboxylic acids is 1. The normalized spacial score (nSPS) is 11.9. The first-order valence-corrected chi connectivity index (χ1v) is 24.5. The number of hydrogen-bond acceptors (Lipinski definition) is 12. The van der Waals surface area contributed by atoms with Crippen LogP contribution in [0.2, 0.25) is 0 Å². The van der Waals surface area contributed by atoms with E-state index >= 15 is 0 Å². The van der Waals surface area contributed by atoms with Crippen molar-refractivity contribution in [2.45, 2.75) is 117 Å². The lowest BCUT2D eigenvalue weighted by Gasteiger charge is -2.21. The highest BCUT2D eigenvalue weighted by Crippen LogP contribution is 2.41. The molecule has 0 spiro atoms. The number of Topliss-reactive ketones (excluding diaryl/α,β-unsaturated/α-hetero) is 2. The molecule has 1 aliphatic carbocycles. The molecule has 73 heavy (non-hydrogen) atoms. The summed E-state index contributed by atoms with van der Waals surface area (Å²) >= 11 is 0. The topological polar surface area (TPSA) is 268 Å². The van der Waals surface area contributed by atoms with Crippen LogP contribution in [0, 0.1) is 12.8 Å². The van der Waals surface area contributed by atoms with Crippen LogP contribution in [0.3, 0.4) is 0 Å². The third kappa shape index (κ3) is 17.1. The maximum atomic E-state index is 13.4. The Morgan fingerprint density at radius 1 is 0.671 bits per heavy atom. The summed E-state index contributed by atoms with van der Waals surface area (Å²) in [6, 6.07) is 20.6. The number of carboxylic acid groups (broad SMARTS) is 1. The SMILES string of the molecule is CC(=O)CCCCCCC(=O)N[C@H](CC(C)C)C(=O)NCC(=O)N[C@@H](CCCCNC(C)=O)C(=O)Cc1ccc2c(C)cc(=O)oc2c1.O=C(O)c1ccccc1-c1c2ccc(=O)cc-2oc2cc(O)ccc12. The fraction of sp³-hybridized carbons (Fsp3) is 0.375. The summed E-state index contributed by atoms with van der Waals surface area (Å²) in [7, 11) is 0. The number of aromatic hydroxyl groups is 1. The Morgan fingerprint density at radius 3 is 2.08 bits per heavy atom. The first-order valence-electron chi connectivity index (χ1n) is 24.5. The molecule has 0 saturated carbocycles. The summed E-state index contributed by atoms with van der Waals surface area (Å²) in [6.45, 7) is 8.70. The molecule has 2 atom stereocenters. The second kappa shape index (κ2) is 27.0. The predicted molar refractivity (Wildman–Crippen MR) is 276 cm³/mol. The van der Waals surface area contributed by atoms with Crippen molar-refractivity contribution in [1.29, 1.82) is 0 Å². The molecule has 6 N–H and O–H groups in total. The molecule has 0 fully saturated rings. The third-order valence-electron chi connectivity index (χ3n) is 12.0. The number of rotatable bonds is 24. The number of carbonyl (C=O) groups is 7. The van der Waals surface area contributed by atoms with E-state index in [0.717, 1.165) is 30.2 Å². The van der Waals surface area contributed by atoms with Gasteiger partial charge in [0.1, 0.15) is 34.5 Å². The van der Waals surface area contributed by atoms with Gasteiger partial charge >= 0.3 is 11.6 Å². The van der Waals surface area contributed by atoms with Crippen LogP contribution in [0.1, 0.15) is 113 Å². The zero-order chi connectivity index (χ0) is 53.2. The summed E-state index contributed by atoms with van der Waals surface area (Å²) in [4.78, 5) is 110. The fourth-order valence-electron chi connectivity index (χ4n) is 8.41. The van der Waals surface area contributed by atoms with Crippen LogP contribution in [0.4, 0.5) is 0 Å². The molecule has 386 valence electrons. The molecule has 2 heterocycles. The number of carboxylic acids is 1. The minimum absolute atomic E-state index is 0.0180. The van der Waals surface area contributed by atoms with Gasteiger partial charge < -0.3 is 45.1 Å². The Labute approximate surface area is 422 Å². The second-order valence-corrected chi connectivity index (χ2v) is 18.6. The van der Waals surface area contributed by atoms with Gasteiger partial charge in [-0.2, -0.15) is 0 Å². The standard InChI is InChI=1S/C36H52N4O8.C20H12O5/c1-23(2)18-30(40-33(44)14-9-7-6-8-12-25(4)41)36(47)38-22-34(45)39-29(13-10-11-17-37-26(5)42)31(43)20-27-15-16-28-24(3)19-35(46)48-32(28)21-27;21-11-5-7-15-17(9-11)25-18-10-12(22)6-8-16(18)19(15)13-3-1-2-4-14(13)20(23)24/h15-16,19,21,23,29-30H,6-14,17-18,20,22H2,1-5H3,(H,37,42)(H,38,47)(H,39,45)(H,40,44);1-10,21H,(H,23,24)/t29-,30+;/m0./s1. The highest BCUT2D eigenvalue weighted by atomic mass is 16.4. The molecule has 6 rings (SSSR count). The van der Waals surface area contributed by atoms with E-state index in [1.807, 2.05) is 13.8 Å². The molecule has 0 bridgehead atoms. The summed E-state index contributed by atoms with van der Waals surface area (Å²) in [6.07, 6.45) is 5.75. The van der Waals surface area contributed by atoms with E-state index in [0.29, 0.717) is 89.6 Å². The number of benzene rings is 4. The number of aryl methyl sites for hydroxylation is 1. The van der Waals surface area contributed by atoms with Crippen LogP contribution in [0.25, 0.3) is 44.4 Å². The number of amides is 4. The van der Waals surface area contributed by atoms with E-state index in [9.17, 15) is 53.4 Å². The summed E-state index contributed by atoms with van der Waals surface area (Å²) in [5, 5.41) is 31.6. The molecule has 17 heteroatoms. The van der Waals surface area contributed by atoms with Gasteiger partial charge in [-0.15, -0.1) is 0 Å². The molecule has 2 aliphatic rings. The Bertz CT molecular complexity index is 3050. The van der Waals surface area contributed by atoms with Crippen molar-refractivity contribution in [1.82, 2.24) is 21.3 Å². The van der Waals surface area contributed by atoms with Gasteiger partial charge in [-0.25, -0.2) is 9.59 Å². The number of phenols is 1. The lowest BCUT2D eigenvalue weighted by Crippen LogP contribution is -2.51. The summed E-state index contributed by atoms with van der Waals surface area (Å²) in [5.74, 6) is -2.13. The Morgan fingerprint density at radius 2 is 1.37 bits per heavy atom. The zero-order valence-electron chi connectivity index (χ0n) is 41.9. The van der Waals surface area contributed by atoms with Crippen molar-refractivity contribution in [3.8, 4) is 28.2 Å². The van der Waals surface area contributed by atoms with Crippen LogP contribution in [-0.4, -0.2) is 76.6 Å². The molecule has 4 amide bonds. The van der Waals surface area contributed by atoms with Crippen molar-refractivity contribution < 1.29 is 52.6 Å². The summed E-state index contributed by atoms with van der Waals surface area (Å²) in [5.41, 5.74) is 3.37.